The third-order valence-electron chi connectivity index (χ3n) is 4.80. The Morgan fingerprint density at radius 3 is 2.15 bits per heavy atom. The van der Waals surface area contributed by atoms with Gasteiger partial charge in [0.2, 0.25) is 5.88 Å². The fourth-order valence-corrected chi connectivity index (χ4v) is 2.70. The second-order valence-electron chi connectivity index (χ2n) is 7.19. The van der Waals surface area contributed by atoms with E-state index in [0.717, 1.165) is 14.0 Å². The minimum Gasteiger partial charge on any atom is -0.497 e. The van der Waals surface area contributed by atoms with Crippen molar-refractivity contribution in [2.24, 2.45) is 0 Å². The highest BCUT2D eigenvalue weighted by Gasteiger charge is 2.51. The molecule has 0 radical (unpaired) electrons. The molecule has 0 aliphatic carbocycles. The maximum Gasteiger partial charge on any atom is 0.421 e. The van der Waals surface area contributed by atoms with Gasteiger partial charge >= 0.3 is 12.4 Å². The molecule has 0 fully saturated rings. The summed E-state index contributed by atoms with van der Waals surface area (Å²) in [5.74, 6) is -1.60. The number of carbonyl (C=O) groups is 1. The van der Waals surface area contributed by atoms with E-state index in [-0.39, 0.29) is 6.54 Å². The van der Waals surface area contributed by atoms with E-state index in [0.29, 0.717) is 17.4 Å². The van der Waals surface area contributed by atoms with Crippen LogP contribution < -0.4 is 25.8 Å². The first-order valence-corrected chi connectivity index (χ1v) is 9.36. The van der Waals surface area contributed by atoms with Crippen LogP contribution in [-0.2, 0) is 12.7 Å². The molecule has 33 heavy (non-hydrogen) atoms. The first kappa shape index (κ1) is 26.0. The first-order valence-electron chi connectivity index (χ1n) is 9.36. The van der Waals surface area contributed by atoms with Crippen molar-refractivity contribution in [3.8, 4) is 11.6 Å². The summed E-state index contributed by atoms with van der Waals surface area (Å²) < 4.78 is 89.9. The van der Waals surface area contributed by atoms with Crippen LogP contribution in [-0.4, -0.2) is 43.4 Å². The van der Waals surface area contributed by atoms with Crippen molar-refractivity contribution in [1.29, 1.82) is 0 Å². The van der Waals surface area contributed by atoms with Crippen LogP contribution in [0.1, 0.15) is 28.5 Å². The molecule has 1 amide bonds. The van der Waals surface area contributed by atoms with Gasteiger partial charge in [-0.15, -0.1) is 0 Å². The summed E-state index contributed by atoms with van der Waals surface area (Å²) in [7, 11) is 2.35. The van der Waals surface area contributed by atoms with Gasteiger partial charge in [-0.2, -0.15) is 26.3 Å². The molecule has 2 rings (SSSR count). The number of carbonyl (C=O) groups excluding carboxylic acids is 1. The molecule has 0 saturated carbocycles. The van der Waals surface area contributed by atoms with Crippen molar-refractivity contribution in [1.82, 2.24) is 15.6 Å². The molecule has 0 spiro atoms. The Morgan fingerprint density at radius 2 is 1.67 bits per heavy atom. The van der Waals surface area contributed by atoms with Gasteiger partial charge in [0.1, 0.15) is 16.9 Å². The van der Waals surface area contributed by atoms with Gasteiger partial charge in [-0.05, 0) is 30.7 Å². The number of ether oxygens (including phenoxy) is 2. The normalized spacial score (nSPS) is 13.8. The van der Waals surface area contributed by atoms with E-state index >= 15 is 0 Å². The van der Waals surface area contributed by atoms with Gasteiger partial charge in [-0.25, -0.2) is 4.98 Å². The second kappa shape index (κ2) is 9.73. The predicted octanol–water partition coefficient (Wildman–Crippen LogP) is 3.54. The summed E-state index contributed by atoms with van der Waals surface area (Å²) in [6, 6.07) is 6.73. The molecule has 1 aromatic carbocycles. The molecule has 1 atom stereocenters. The van der Waals surface area contributed by atoms with Gasteiger partial charge in [0.25, 0.3) is 5.91 Å². The average molecular weight is 480 g/mol. The summed E-state index contributed by atoms with van der Waals surface area (Å²) >= 11 is 0. The number of benzene rings is 1. The number of nitrogen functional groups attached to an aromatic ring is 1. The van der Waals surface area contributed by atoms with Gasteiger partial charge < -0.3 is 20.5 Å². The SMILES string of the molecule is COc1ccc(CNC(C)(CNC(=O)c2nc(OC)c(C(F)(F)F)cc2N)C(F)(F)F)cc1. The number of rotatable bonds is 8. The fraction of sp³-hybridized carbons (Fsp3) is 0.400. The average Bonchev–Trinajstić information content (AvgIpc) is 2.74. The molecular formula is C20H22F6N4O3. The quantitative estimate of drug-likeness (QED) is 0.500. The largest absolute Gasteiger partial charge is 0.497 e. The Morgan fingerprint density at radius 1 is 1.06 bits per heavy atom. The van der Waals surface area contributed by atoms with E-state index in [1.165, 1.54) is 7.11 Å². The molecule has 1 unspecified atom stereocenters. The van der Waals surface area contributed by atoms with Crippen LogP contribution in [0.15, 0.2) is 30.3 Å². The lowest BCUT2D eigenvalue weighted by atomic mass is 10.0. The summed E-state index contributed by atoms with van der Waals surface area (Å²) in [4.78, 5) is 15.9. The van der Waals surface area contributed by atoms with Crippen LogP contribution in [0.2, 0.25) is 0 Å². The number of nitrogens with one attached hydrogen (secondary N) is 2. The number of methoxy groups -OCH3 is 2. The summed E-state index contributed by atoms with van der Waals surface area (Å²) in [6.07, 6.45) is -9.65. The lowest BCUT2D eigenvalue weighted by Crippen LogP contribution is -2.60. The highest BCUT2D eigenvalue weighted by atomic mass is 19.4. The number of hydrogen-bond donors (Lipinski definition) is 3. The zero-order valence-electron chi connectivity index (χ0n) is 17.8. The number of aromatic nitrogens is 1. The van der Waals surface area contributed by atoms with Crippen molar-refractivity contribution in [3.63, 3.8) is 0 Å². The van der Waals surface area contributed by atoms with Gasteiger partial charge in [-0.3, -0.25) is 10.1 Å². The maximum absolute atomic E-state index is 13.7. The number of pyridine rings is 1. The Balaban J connectivity index is 2.19. The molecule has 0 aliphatic rings. The molecule has 7 nitrogen and oxygen atoms in total. The van der Waals surface area contributed by atoms with Crippen molar-refractivity contribution < 1.29 is 40.6 Å². The Hall–Kier alpha value is -3.22. The third-order valence-corrected chi connectivity index (χ3v) is 4.80. The summed E-state index contributed by atoms with van der Waals surface area (Å²) in [6.45, 7) is -0.304. The Labute approximate surface area is 185 Å². The number of halogens is 6. The number of hydrogen-bond acceptors (Lipinski definition) is 6. The lowest BCUT2D eigenvalue weighted by Gasteiger charge is -2.33. The molecule has 0 saturated heterocycles. The molecule has 4 N–H and O–H groups in total. The highest BCUT2D eigenvalue weighted by molar-refractivity contribution is 5.97. The van der Waals surface area contributed by atoms with Crippen LogP contribution in [0, 0.1) is 0 Å². The van der Waals surface area contributed by atoms with E-state index in [1.807, 2.05) is 5.32 Å². The monoisotopic (exact) mass is 480 g/mol. The second-order valence-corrected chi connectivity index (χ2v) is 7.19. The number of anilines is 1. The smallest absolute Gasteiger partial charge is 0.421 e. The zero-order chi connectivity index (χ0) is 25.0. The van der Waals surface area contributed by atoms with Crippen molar-refractivity contribution >= 4 is 11.6 Å². The topological polar surface area (TPSA) is 98.5 Å². The van der Waals surface area contributed by atoms with Gasteiger partial charge in [0.15, 0.2) is 5.69 Å². The van der Waals surface area contributed by atoms with Crippen LogP contribution >= 0.6 is 0 Å². The summed E-state index contributed by atoms with van der Waals surface area (Å²) in [5, 5.41) is 4.39. The van der Waals surface area contributed by atoms with Crippen LogP contribution in [0.5, 0.6) is 11.6 Å². The molecule has 1 aromatic heterocycles. The predicted molar refractivity (Wildman–Crippen MR) is 107 cm³/mol. The number of amides is 1. The summed E-state index contributed by atoms with van der Waals surface area (Å²) in [5.41, 5.74) is 0.767. The third kappa shape index (κ3) is 6.18. The molecule has 2 aromatic rings. The standard InChI is InChI=1S/C20H22F6N4O3/c1-18(20(24,25)26,29-9-11-4-6-12(32-2)7-5-11)10-28-16(31)15-14(27)8-13(19(21,22)23)17(30-15)33-3/h4-8,29H,9-10,27H2,1-3H3,(H,28,31). The van der Waals surface area contributed by atoms with Gasteiger partial charge in [0, 0.05) is 13.1 Å². The van der Waals surface area contributed by atoms with Gasteiger partial charge in [-0.1, -0.05) is 12.1 Å². The Kier molecular flexibility index (Phi) is 7.68. The highest BCUT2D eigenvalue weighted by Crippen LogP contribution is 2.37. The van der Waals surface area contributed by atoms with E-state index in [9.17, 15) is 31.1 Å². The molecule has 13 heteroatoms. The van der Waals surface area contributed by atoms with Crippen molar-refractivity contribution in [3.05, 3.63) is 47.2 Å². The molecule has 0 bridgehead atoms. The van der Waals surface area contributed by atoms with Crippen molar-refractivity contribution in [2.75, 3.05) is 26.5 Å². The van der Waals surface area contributed by atoms with Crippen LogP contribution in [0.3, 0.4) is 0 Å². The van der Waals surface area contributed by atoms with E-state index in [4.69, 9.17) is 10.5 Å². The molecule has 0 aliphatic heterocycles. The van der Waals surface area contributed by atoms with Gasteiger partial charge in [0.05, 0.1) is 19.9 Å². The number of nitrogens with two attached hydrogens (primary N) is 1. The van der Waals surface area contributed by atoms with Crippen LogP contribution in [0.4, 0.5) is 32.0 Å². The van der Waals surface area contributed by atoms with E-state index in [2.05, 4.69) is 15.0 Å². The minimum absolute atomic E-state index is 0.190. The molecule has 1 heterocycles. The molecular weight excluding hydrogens is 458 g/mol. The van der Waals surface area contributed by atoms with E-state index in [1.54, 1.807) is 24.3 Å². The maximum atomic E-state index is 13.7. The number of nitrogens with zero attached hydrogens (tertiary/aromatic N) is 1. The fourth-order valence-electron chi connectivity index (χ4n) is 2.70. The number of alkyl halides is 6. The van der Waals surface area contributed by atoms with Crippen LogP contribution in [0.25, 0.3) is 0 Å². The van der Waals surface area contributed by atoms with Crippen molar-refractivity contribution in [2.45, 2.75) is 31.4 Å². The zero-order valence-corrected chi connectivity index (χ0v) is 17.8. The van der Waals surface area contributed by atoms with E-state index < -0.39 is 53.2 Å². The lowest BCUT2D eigenvalue weighted by molar-refractivity contribution is -0.190. The first-order chi connectivity index (χ1) is 15.2. The Bertz CT molecular complexity index is 979. The minimum atomic E-state index is -4.86. The molecule has 182 valence electrons.